The van der Waals surface area contributed by atoms with Gasteiger partial charge in [0, 0.05) is 21.4 Å². The highest BCUT2D eigenvalue weighted by atomic mass is 32.2. The van der Waals surface area contributed by atoms with Crippen LogP contribution in [0.15, 0.2) is 9.42 Å². The van der Waals surface area contributed by atoms with Gasteiger partial charge >= 0.3 is 0 Å². The van der Waals surface area contributed by atoms with Gasteiger partial charge < -0.3 is 4.52 Å². The van der Waals surface area contributed by atoms with E-state index in [2.05, 4.69) is 9.88 Å². The molecule has 25 heavy (non-hydrogen) atoms. The van der Waals surface area contributed by atoms with E-state index in [1.807, 2.05) is 27.7 Å². The van der Waals surface area contributed by atoms with Crippen molar-refractivity contribution in [2.24, 2.45) is 0 Å². The molecule has 0 radical (unpaired) electrons. The predicted octanol–water partition coefficient (Wildman–Crippen LogP) is 4.64. The topological polar surface area (TPSA) is 72.2 Å². The first-order valence-electron chi connectivity index (χ1n) is 8.87. The summed E-state index contributed by atoms with van der Waals surface area (Å²) in [5.41, 5.74) is 2.35. The molecule has 3 rings (SSSR count). The molecule has 1 fully saturated rings. The Hall–Kier alpha value is -1.18. The first-order valence-corrected chi connectivity index (χ1v) is 11.2. The second kappa shape index (κ2) is 7.21. The number of hydrogen-bond donors (Lipinski definition) is 1. The van der Waals surface area contributed by atoms with Crippen molar-refractivity contribution in [1.29, 1.82) is 0 Å². The van der Waals surface area contributed by atoms with E-state index in [-0.39, 0.29) is 6.04 Å². The Labute approximate surface area is 153 Å². The normalized spacial score (nSPS) is 17.0. The van der Waals surface area contributed by atoms with Crippen molar-refractivity contribution in [3.8, 4) is 11.3 Å². The van der Waals surface area contributed by atoms with Crippen molar-refractivity contribution in [2.45, 2.75) is 77.2 Å². The van der Waals surface area contributed by atoms with Gasteiger partial charge in [0.2, 0.25) is 10.0 Å². The van der Waals surface area contributed by atoms with Gasteiger partial charge in [-0.3, -0.25) is 0 Å². The van der Waals surface area contributed by atoms with E-state index in [4.69, 9.17) is 4.52 Å². The minimum absolute atomic E-state index is 0.0255. The first-order chi connectivity index (χ1) is 11.8. The number of rotatable bonds is 4. The Balaban J connectivity index is 2.02. The van der Waals surface area contributed by atoms with Crippen LogP contribution in [0.25, 0.3) is 11.3 Å². The molecule has 0 atom stereocenters. The molecule has 0 amide bonds. The summed E-state index contributed by atoms with van der Waals surface area (Å²) in [5, 5.41) is 4.01. The van der Waals surface area contributed by atoms with Crippen molar-refractivity contribution in [2.75, 3.05) is 0 Å². The predicted molar refractivity (Wildman–Crippen MR) is 101 cm³/mol. The van der Waals surface area contributed by atoms with Crippen LogP contribution in [-0.4, -0.2) is 19.6 Å². The zero-order valence-corrected chi connectivity index (χ0v) is 16.9. The first kappa shape index (κ1) is 18.6. The number of hydrogen-bond acceptors (Lipinski definition) is 5. The van der Waals surface area contributed by atoms with Gasteiger partial charge in [0.05, 0.1) is 11.3 Å². The second-order valence-electron chi connectivity index (χ2n) is 6.95. The maximum atomic E-state index is 13.2. The second-order valence-corrected chi connectivity index (χ2v) is 10.0. The van der Waals surface area contributed by atoms with Gasteiger partial charge in [-0.15, -0.1) is 11.3 Å². The fourth-order valence-corrected chi connectivity index (χ4v) is 6.73. The molecular weight excluding hydrogens is 356 g/mol. The number of sulfonamides is 1. The molecule has 1 saturated carbocycles. The molecule has 138 valence electrons. The fourth-order valence-electron chi connectivity index (χ4n) is 3.57. The minimum atomic E-state index is -3.60. The molecule has 1 aliphatic rings. The third-order valence-electron chi connectivity index (χ3n) is 5.04. The van der Waals surface area contributed by atoms with Crippen molar-refractivity contribution >= 4 is 21.4 Å². The van der Waals surface area contributed by atoms with Gasteiger partial charge in [-0.25, -0.2) is 13.1 Å². The average molecular weight is 383 g/mol. The summed E-state index contributed by atoms with van der Waals surface area (Å²) < 4.78 is 34.8. The highest BCUT2D eigenvalue weighted by Crippen LogP contribution is 2.41. The lowest BCUT2D eigenvalue weighted by atomic mass is 10.1. The van der Waals surface area contributed by atoms with E-state index in [0.717, 1.165) is 46.7 Å². The standard InChI is InChI=1S/C18H26N2O3S2/c1-11-12(2)19-23-17(11)16-13(3)24-14(4)18(16)25(21,22)20-15-9-7-5-6-8-10-15/h15,20H,5-10H2,1-4H3. The molecule has 5 nitrogen and oxygen atoms in total. The summed E-state index contributed by atoms with van der Waals surface area (Å²) in [6.07, 6.45) is 6.38. The molecule has 7 heteroatoms. The lowest BCUT2D eigenvalue weighted by Crippen LogP contribution is -2.34. The van der Waals surface area contributed by atoms with Crippen molar-refractivity contribution in [3.05, 3.63) is 21.0 Å². The van der Waals surface area contributed by atoms with Crippen LogP contribution in [0.5, 0.6) is 0 Å². The van der Waals surface area contributed by atoms with Crippen LogP contribution < -0.4 is 4.72 Å². The molecule has 0 aliphatic heterocycles. The van der Waals surface area contributed by atoms with E-state index < -0.39 is 10.0 Å². The average Bonchev–Trinajstić information content (AvgIpc) is 2.89. The van der Waals surface area contributed by atoms with Gasteiger partial charge in [0.15, 0.2) is 5.76 Å². The Morgan fingerprint density at radius 1 is 1.04 bits per heavy atom. The molecule has 2 aromatic heterocycles. The summed E-state index contributed by atoms with van der Waals surface area (Å²) in [5.74, 6) is 0.570. The molecule has 2 heterocycles. The van der Waals surface area contributed by atoms with Gasteiger partial charge in [-0.05, 0) is 40.5 Å². The summed E-state index contributed by atoms with van der Waals surface area (Å²) in [7, 11) is -3.60. The summed E-state index contributed by atoms with van der Waals surface area (Å²) in [6, 6.07) is 0.0255. The SMILES string of the molecule is Cc1noc(-c2c(C)sc(C)c2S(=O)(=O)NC2CCCCCC2)c1C. The van der Waals surface area contributed by atoms with Crippen LogP contribution in [0.3, 0.4) is 0 Å². The highest BCUT2D eigenvalue weighted by Gasteiger charge is 2.31. The number of nitrogens with zero attached hydrogens (tertiary/aromatic N) is 1. The molecule has 1 N–H and O–H groups in total. The van der Waals surface area contributed by atoms with Gasteiger partial charge in [0.1, 0.15) is 4.90 Å². The van der Waals surface area contributed by atoms with Crippen LogP contribution in [-0.2, 0) is 10.0 Å². The fraction of sp³-hybridized carbons (Fsp3) is 0.611. The summed E-state index contributed by atoms with van der Waals surface area (Å²) in [6.45, 7) is 7.59. The van der Waals surface area contributed by atoms with Gasteiger partial charge in [0.25, 0.3) is 0 Å². The number of aromatic nitrogens is 1. The quantitative estimate of drug-likeness (QED) is 0.782. The van der Waals surface area contributed by atoms with Crippen molar-refractivity contribution in [1.82, 2.24) is 9.88 Å². The molecule has 0 saturated heterocycles. The van der Waals surface area contributed by atoms with E-state index in [1.54, 1.807) is 0 Å². The molecular formula is C18H26N2O3S2. The minimum Gasteiger partial charge on any atom is -0.356 e. The third-order valence-corrected chi connectivity index (χ3v) is 7.88. The van der Waals surface area contributed by atoms with Crippen LogP contribution in [0.4, 0.5) is 0 Å². The molecule has 1 aliphatic carbocycles. The van der Waals surface area contributed by atoms with E-state index in [1.165, 1.54) is 24.2 Å². The molecule has 0 spiro atoms. The van der Waals surface area contributed by atoms with E-state index in [0.29, 0.717) is 16.2 Å². The lowest BCUT2D eigenvalue weighted by Gasteiger charge is -2.17. The van der Waals surface area contributed by atoms with Crippen molar-refractivity contribution < 1.29 is 12.9 Å². The number of thiophene rings is 1. The Morgan fingerprint density at radius 3 is 2.24 bits per heavy atom. The monoisotopic (exact) mass is 382 g/mol. The molecule has 0 bridgehead atoms. The highest BCUT2D eigenvalue weighted by molar-refractivity contribution is 7.89. The zero-order chi connectivity index (χ0) is 18.2. The Kier molecular flexibility index (Phi) is 5.37. The van der Waals surface area contributed by atoms with Crippen LogP contribution in [0.2, 0.25) is 0 Å². The lowest BCUT2D eigenvalue weighted by molar-refractivity contribution is 0.426. The van der Waals surface area contributed by atoms with E-state index >= 15 is 0 Å². The zero-order valence-electron chi connectivity index (χ0n) is 15.3. The Bertz CT molecular complexity index is 857. The van der Waals surface area contributed by atoms with Crippen LogP contribution >= 0.6 is 11.3 Å². The van der Waals surface area contributed by atoms with E-state index in [9.17, 15) is 8.42 Å². The molecule has 0 aromatic carbocycles. The smallest absolute Gasteiger partial charge is 0.242 e. The maximum Gasteiger partial charge on any atom is 0.242 e. The van der Waals surface area contributed by atoms with Gasteiger partial charge in [-0.1, -0.05) is 30.8 Å². The van der Waals surface area contributed by atoms with Crippen LogP contribution in [0.1, 0.15) is 59.5 Å². The summed E-state index contributed by atoms with van der Waals surface area (Å²) in [4.78, 5) is 2.10. The Morgan fingerprint density at radius 2 is 1.68 bits per heavy atom. The maximum absolute atomic E-state index is 13.2. The largest absolute Gasteiger partial charge is 0.356 e. The van der Waals surface area contributed by atoms with Crippen molar-refractivity contribution in [3.63, 3.8) is 0 Å². The number of nitrogens with one attached hydrogen (secondary N) is 1. The third kappa shape index (κ3) is 3.68. The van der Waals surface area contributed by atoms with Gasteiger partial charge in [-0.2, -0.15) is 0 Å². The molecule has 2 aromatic rings. The number of aryl methyl sites for hydroxylation is 3. The molecule has 0 unspecified atom stereocenters. The van der Waals surface area contributed by atoms with Crippen LogP contribution in [0, 0.1) is 27.7 Å². The summed E-state index contributed by atoms with van der Waals surface area (Å²) >= 11 is 1.49.